The van der Waals surface area contributed by atoms with Crippen LogP contribution in [0.3, 0.4) is 0 Å². The highest BCUT2D eigenvalue weighted by Crippen LogP contribution is 2.40. The summed E-state index contributed by atoms with van der Waals surface area (Å²) in [6.07, 6.45) is 0. The van der Waals surface area contributed by atoms with Crippen molar-refractivity contribution in [3.05, 3.63) is 69.7 Å². The van der Waals surface area contributed by atoms with E-state index in [1.807, 2.05) is 6.07 Å². The molecule has 2 rings (SSSR count). The summed E-state index contributed by atoms with van der Waals surface area (Å²) < 4.78 is 0. The van der Waals surface area contributed by atoms with Crippen molar-refractivity contribution >= 4 is 34.8 Å². The summed E-state index contributed by atoms with van der Waals surface area (Å²) >= 11 is 18.1. The number of halogens is 3. The van der Waals surface area contributed by atoms with E-state index in [-0.39, 0.29) is 5.02 Å². The molecular weight excluding hydrogens is 279 g/mol. The molecule has 1 nitrogen and oxygen atoms in total. The Morgan fingerprint density at radius 1 is 0.882 bits per heavy atom. The van der Waals surface area contributed by atoms with Crippen molar-refractivity contribution in [2.75, 3.05) is 0 Å². The summed E-state index contributed by atoms with van der Waals surface area (Å²) in [5.74, 6) is 0. The molecule has 1 unspecified atom stereocenters. The average Bonchev–Trinajstić information content (AvgIpc) is 2.33. The first-order valence-electron chi connectivity index (χ1n) is 4.95. The molecule has 1 atom stereocenters. The Labute approximate surface area is 115 Å². The van der Waals surface area contributed by atoms with Crippen LogP contribution in [0.15, 0.2) is 48.5 Å². The molecule has 17 heavy (non-hydrogen) atoms. The standard InChI is InChI=1S/C13H9Cl3O/c14-11-8-4-7-10(12(11)15)13(16,17)9-5-2-1-3-6-9/h1-8,17H. The molecule has 1 N–H and O–H groups in total. The van der Waals surface area contributed by atoms with Crippen LogP contribution in [0.5, 0.6) is 0 Å². The van der Waals surface area contributed by atoms with E-state index >= 15 is 0 Å². The maximum absolute atomic E-state index is 10.4. The summed E-state index contributed by atoms with van der Waals surface area (Å²) in [7, 11) is 0. The summed E-state index contributed by atoms with van der Waals surface area (Å²) in [4.78, 5) is 0. The van der Waals surface area contributed by atoms with Gasteiger partial charge in [-0.3, -0.25) is 0 Å². The number of hydrogen-bond acceptors (Lipinski definition) is 1. The minimum Gasteiger partial charge on any atom is -0.367 e. The van der Waals surface area contributed by atoms with Gasteiger partial charge in [0.1, 0.15) is 0 Å². The van der Waals surface area contributed by atoms with Gasteiger partial charge in [-0.15, -0.1) is 0 Å². The van der Waals surface area contributed by atoms with E-state index in [0.29, 0.717) is 16.1 Å². The molecule has 0 bridgehead atoms. The Balaban J connectivity index is 2.56. The summed E-state index contributed by atoms with van der Waals surface area (Å²) in [6.45, 7) is 0. The van der Waals surface area contributed by atoms with Crippen LogP contribution in [0.4, 0.5) is 0 Å². The van der Waals surface area contributed by atoms with E-state index in [1.54, 1.807) is 42.5 Å². The van der Waals surface area contributed by atoms with Crippen LogP contribution in [0.25, 0.3) is 0 Å². The van der Waals surface area contributed by atoms with Gasteiger partial charge in [0, 0.05) is 11.1 Å². The zero-order valence-corrected chi connectivity index (χ0v) is 11.0. The molecule has 0 amide bonds. The lowest BCUT2D eigenvalue weighted by molar-refractivity contribution is 0.173. The highest BCUT2D eigenvalue weighted by molar-refractivity contribution is 6.43. The second-order valence-corrected chi connectivity index (χ2v) is 4.92. The van der Waals surface area contributed by atoms with Gasteiger partial charge in [0.05, 0.1) is 10.0 Å². The zero-order valence-electron chi connectivity index (χ0n) is 8.70. The number of benzene rings is 2. The van der Waals surface area contributed by atoms with Gasteiger partial charge in [-0.2, -0.15) is 0 Å². The molecule has 0 fully saturated rings. The summed E-state index contributed by atoms with van der Waals surface area (Å²) in [5, 5.41) is 9.33. The fraction of sp³-hybridized carbons (Fsp3) is 0.0769. The van der Waals surface area contributed by atoms with E-state index in [9.17, 15) is 5.11 Å². The van der Waals surface area contributed by atoms with E-state index in [2.05, 4.69) is 0 Å². The van der Waals surface area contributed by atoms with Crippen LogP contribution in [-0.2, 0) is 5.06 Å². The van der Waals surface area contributed by atoms with E-state index in [4.69, 9.17) is 34.8 Å². The van der Waals surface area contributed by atoms with Crippen molar-refractivity contribution in [3.63, 3.8) is 0 Å². The van der Waals surface area contributed by atoms with E-state index < -0.39 is 5.06 Å². The quantitative estimate of drug-likeness (QED) is 0.810. The van der Waals surface area contributed by atoms with Crippen LogP contribution in [0.1, 0.15) is 11.1 Å². The van der Waals surface area contributed by atoms with Crippen molar-refractivity contribution in [2.24, 2.45) is 0 Å². The molecule has 0 radical (unpaired) electrons. The van der Waals surface area contributed by atoms with Crippen molar-refractivity contribution in [1.29, 1.82) is 0 Å². The second-order valence-electron chi connectivity index (χ2n) is 3.59. The number of hydrogen-bond donors (Lipinski definition) is 1. The van der Waals surface area contributed by atoms with Gasteiger partial charge in [0.15, 0.2) is 5.06 Å². The Kier molecular flexibility index (Phi) is 3.64. The second kappa shape index (κ2) is 4.87. The number of rotatable bonds is 2. The van der Waals surface area contributed by atoms with E-state index in [0.717, 1.165) is 0 Å². The minimum absolute atomic E-state index is 0.260. The van der Waals surface area contributed by atoms with Crippen LogP contribution in [-0.4, -0.2) is 5.11 Å². The molecule has 2 aromatic rings. The third kappa shape index (κ3) is 2.43. The minimum atomic E-state index is -1.68. The first kappa shape index (κ1) is 12.7. The Bertz CT molecular complexity index is 523. The fourth-order valence-electron chi connectivity index (χ4n) is 1.57. The molecule has 0 saturated carbocycles. The van der Waals surface area contributed by atoms with Crippen molar-refractivity contribution < 1.29 is 5.11 Å². The van der Waals surface area contributed by atoms with E-state index in [1.165, 1.54) is 0 Å². The lowest BCUT2D eigenvalue weighted by atomic mass is 10.0. The molecule has 2 aromatic carbocycles. The molecular formula is C13H9Cl3O. The van der Waals surface area contributed by atoms with Gasteiger partial charge < -0.3 is 5.11 Å². The molecule has 0 aliphatic heterocycles. The van der Waals surface area contributed by atoms with Gasteiger partial charge in [-0.05, 0) is 6.07 Å². The summed E-state index contributed by atoms with van der Waals surface area (Å²) in [6, 6.07) is 13.9. The third-order valence-corrected chi connectivity index (χ3v) is 3.71. The summed E-state index contributed by atoms with van der Waals surface area (Å²) in [5.41, 5.74) is 0.922. The maximum Gasteiger partial charge on any atom is 0.192 e. The lowest BCUT2D eigenvalue weighted by Gasteiger charge is -2.23. The molecule has 0 aliphatic rings. The Morgan fingerprint density at radius 3 is 2.18 bits per heavy atom. The Hall–Kier alpha value is -0.730. The fourth-order valence-corrected chi connectivity index (χ4v) is 2.34. The lowest BCUT2D eigenvalue weighted by Crippen LogP contribution is -2.20. The first-order valence-corrected chi connectivity index (χ1v) is 6.08. The van der Waals surface area contributed by atoms with Crippen LogP contribution in [0, 0.1) is 0 Å². The third-order valence-electron chi connectivity index (χ3n) is 2.46. The molecule has 88 valence electrons. The van der Waals surface area contributed by atoms with Crippen LogP contribution in [0.2, 0.25) is 10.0 Å². The largest absolute Gasteiger partial charge is 0.367 e. The number of aliphatic hydroxyl groups is 1. The van der Waals surface area contributed by atoms with Gasteiger partial charge in [0.2, 0.25) is 0 Å². The average molecular weight is 288 g/mol. The monoisotopic (exact) mass is 286 g/mol. The van der Waals surface area contributed by atoms with Gasteiger partial charge in [-0.25, -0.2) is 0 Å². The first-order chi connectivity index (χ1) is 8.03. The van der Waals surface area contributed by atoms with Crippen molar-refractivity contribution in [1.82, 2.24) is 0 Å². The number of alkyl halides is 1. The highest BCUT2D eigenvalue weighted by Gasteiger charge is 2.31. The van der Waals surface area contributed by atoms with Gasteiger partial charge in [0.25, 0.3) is 0 Å². The molecule has 0 saturated heterocycles. The van der Waals surface area contributed by atoms with Crippen LogP contribution < -0.4 is 0 Å². The highest BCUT2D eigenvalue weighted by atomic mass is 35.5. The van der Waals surface area contributed by atoms with Crippen molar-refractivity contribution in [3.8, 4) is 0 Å². The predicted molar refractivity (Wildman–Crippen MR) is 71.8 cm³/mol. The molecule has 0 heterocycles. The smallest absolute Gasteiger partial charge is 0.192 e. The van der Waals surface area contributed by atoms with Gasteiger partial charge in [-0.1, -0.05) is 77.3 Å². The molecule has 0 aliphatic carbocycles. The maximum atomic E-state index is 10.4. The molecule has 0 aromatic heterocycles. The predicted octanol–water partition coefficient (Wildman–Crippen LogP) is 4.43. The SMILES string of the molecule is OC(Cl)(c1ccccc1)c1cccc(Cl)c1Cl. The molecule has 0 spiro atoms. The van der Waals surface area contributed by atoms with Crippen LogP contribution >= 0.6 is 34.8 Å². The topological polar surface area (TPSA) is 20.2 Å². The molecule has 4 heteroatoms. The Morgan fingerprint density at radius 2 is 1.53 bits per heavy atom. The van der Waals surface area contributed by atoms with Crippen molar-refractivity contribution in [2.45, 2.75) is 5.06 Å². The van der Waals surface area contributed by atoms with Gasteiger partial charge >= 0.3 is 0 Å². The zero-order chi connectivity index (χ0) is 12.5. The normalized spacial score (nSPS) is 14.4.